The SMILES string of the molecule is CN1CCN(C(=O)Cc2ccc(F)c(Cl)c2)C[C@H](C(N)=O)C1. The van der Waals surface area contributed by atoms with Gasteiger partial charge in [-0.3, -0.25) is 9.59 Å². The molecule has 7 heteroatoms. The van der Waals surface area contributed by atoms with Crippen LogP contribution in [0.15, 0.2) is 18.2 Å². The maximum atomic E-state index is 13.1. The minimum Gasteiger partial charge on any atom is -0.369 e. The van der Waals surface area contributed by atoms with Gasteiger partial charge in [0.1, 0.15) is 5.82 Å². The Hall–Kier alpha value is -1.66. The lowest BCUT2D eigenvalue weighted by atomic mass is 10.1. The Balaban J connectivity index is 2.07. The van der Waals surface area contributed by atoms with Crippen LogP contribution in [0.25, 0.3) is 0 Å². The van der Waals surface area contributed by atoms with Gasteiger partial charge in [-0.15, -0.1) is 0 Å². The first kappa shape index (κ1) is 16.7. The van der Waals surface area contributed by atoms with Crippen molar-refractivity contribution in [2.45, 2.75) is 6.42 Å². The summed E-state index contributed by atoms with van der Waals surface area (Å²) >= 11 is 5.73. The normalized spacial score (nSPS) is 19.8. The minimum absolute atomic E-state index is 0.00378. The van der Waals surface area contributed by atoms with Crippen molar-refractivity contribution in [1.82, 2.24) is 9.80 Å². The van der Waals surface area contributed by atoms with Crippen LogP contribution in [0.3, 0.4) is 0 Å². The molecule has 1 saturated heterocycles. The summed E-state index contributed by atoms with van der Waals surface area (Å²) in [5, 5.41) is -0.00378. The van der Waals surface area contributed by atoms with Crippen molar-refractivity contribution >= 4 is 23.4 Å². The van der Waals surface area contributed by atoms with E-state index in [2.05, 4.69) is 0 Å². The van der Waals surface area contributed by atoms with Gasteiger partial charge in [0.15, 0.2) is 0 Å². The monoisotopic (exact) mass is 327 g/mol. The molecule has 0 radical (unpaired) electrons. The van der Waals surface area contributed by atoms with Gasteiger partial charge in [0, 0.05) is 26.2 Å². The molecule has 5 nitrogen and oxygen atoms in total. The molecule has 1 atom stereocenters. The Labute approximate surface area is 133 Å². The molecule has 2 N–H and O–H groups in total. The van der Waals surface area contributed by atoms with Gasteiger partial charge in [-0.1, -0.05) is 17.7 Å². The van der Waals surface area contributed by atoms with E-state index in [0.717, 1.165) is 0 Å². The predicted octanol–water partition coefficient (Wildman–Crippen LogP) is 0.897. The molecule has 0 saturated carbocycles. The fourth-order valence-corrected chi connectivity index (χ4v) is 2.72. The predicted molar refractivity (Wildman–Crippen MR) is 81.9 cm³/mol. The molecular formula is C15H19ClFN3O2. The fourth-order valence-electron chi connectivity index (χ4n) is 2.52. The van der Waals surface area contributed by atoms with Crippen molar-refractivity contribution in [2.75, 3.05) is 33.2 Å². The van der Waals surface area contributed by atoms with E-state index in [1.807, 2.05) is 11.9 Å². The lowest BCUT2D eigenvalue weighted by molar-refractivity contribution is -0.131. The van der Waals surface area contributed by atoms with Crippen molar-refractivity contribution < 1.29 is 14.0 Å². The van der Waals surface area contributed by atoms with E-state index < -0.39 is 11.7 Å². The van der Waals surface area contributed by atoms with Crippen LogP contribution in [0.2, 0.25) is 5.02 Å². The number of likely N-dealkylation sites (N-methyl/N-ethyl adjacent to an activating group) is 1. The molecule has 120 valence electrons. The van der Waals surface area contributed by atoms with Gasteiger partial charge in [-0.2, -0.15) is 0 Å². The molecular weight excluding hydrogens is 309 g/mol. The van der Waals surface area contributed by atoms with Crippen molar-refractivity contribution in [2.24, 2.45) is 11.7 Å². The zero-order valence-electron chi connectivity index (χ0n) is 12.4. The molecule has 1 aromatic rings. The first-order chi connectivity index (χ1) is 10.4. The summed E-state index contributed by atoms with van der Waals surface area (Å²) in [5.41, 5.74) is 6.03. The number of halogens is 2. The summed E-state index contributed by atoms with van der Waals surface area (Å²) in [6, 6.07) is 4.23. The topological polar surface area (TPSA) is 66.6 Å². The summed E-state index contributed by atoms with van der Waals surface area (Å²) in [7, 11) is 1.89. The third-order valence-corrected chi connectivity index (χ3v) is 4.11. The van der Waals surface area contributed by atoms with E-state index in [1.165, 1.54) is 18.2 Å². The van der Waals surface area contributed by atoms with E-state index in [4.69, 9.17) is 17.3 Å². The number of rotatable bonds is 3. The van der Waals surface area contributed by atoms with E-state index in [9.17, 15) is 14.0 Å². The second-order valence-electron chi connectivity index (χ2n) is 5.63. The van der Waals surface area contributed by atoms with Gasteiger partial charge in [0.25, 0.3) is 0 Å². The van der Waals surface area contributed by atoms with Gasteiger partial charge >= 0.3 is 0 Å². The molecule has 1 heterocycles. The number of carbonyl (C=O) groups excluding carboxylic acids is 2. The van der Waals surface area contributed by atoms with Crippen LogP contribution >= 0.6 is 11.6 Å². The molecule has 2 amide bonds. The highest BCUT2D eigenvalue weighted by molar-refractivity contribution is 6.30. The standard InChI is InChI=1S/C15H19ClFN3O2/c1-19-4-5-20(9-11(8-19)15(18)22)14(21)7-10-2-3-13(17)12(16)6-10/h2-3,6,11H,4-5,7-9H2,1H3,(H2,18,22)/t11-/m1/s1. The minimum atomic E-state index is -0.511. The van der Waals surface area contributed by atoms with Crippen LogP contribution in [0, 0.1) is 11.7 Å². The van der Waals surface area contributed by atoms with Gasteiger partial charge in [-0.25, -0.2) is 4.39 Å². The number of primary amides is 1. The average molecular weight is 328 g/mol. The molecule has 0 spiro atoms. The highest BCUT2D eigenvalue weighted by atomic mass is 35.5. The molecule has 0 unspecified atom stereocenters. The van der Waals surface area contributed by atoms with Crippen LogP contribution in [-0.2, 0) is 16.0 Å². The van der Waals surface area contributed by atoms with E-state index >= 15 is 0 Å². The van der Waals surface area contributed by atoms with Crippen molar-refractivity contribution in [1.29, 1.82) is 0 Å². The van der Waals surface area contributed by atoms with E-state index in [-0.39, 0.29) is 23.3 Å². The molecule has 0 aromatic heterocycles. The third-order valence-electron chi connectivity index (χ3n) is 3.82. The number of hydrogen-bond acceptors (Lipinski definition) is 3. The second kappa shape index (κ2) is 7.07. The number of carbonyl (C=O) groups is 2. The summed E-state index contributed by atoms with van der Waals surface area (Å²) in [6.45, 7) is 2.07. The van der Waals surface area contributed by atoms with Gasteiger partial charge in [0.2, 0.25) is 11.8 Å². The third kappa shape index (κ3) is 4.18. The van der Waals surface area contributed by atoms with Gasteiger partial charge < -0.3 is 15.5 Å². The largest absolute Gasteiger partial charge is 0.369 e. The fraction of sp³-hybridized carbons (Fsp3) is 0.467. The zero-order valence-corrected chi connectivity index (χ0v) is 13.1. The lowest BCUT2D eigenvalue weighted by Gasteiger charge is -2.22. The summed E-state index contributed by atoms with van der Waals surface area (Å²) in [6.07, 6.45) is 0.120. The maximum Gasteiger partial charge on any atom is 0.227 e. The molecule has 1 aliphatic heterocycles. The zero-order chi connectivity index (χ0) is 16.3. The highest BCUT2D eigenvalue weighted by Gasteiger charge is 2.27. The second-order valence-corrected chi connectivity index (χ2v) is 6.03. The Kier molecular flexibility index (Phi) is 5.37. The number of nitrogens with zero attached hydrogens (tertiary/aromatic N) is 2. The molecule has 1 aliphatic rings. The molecule has 0 bridgehead atoms. The van der Waals surface area contributed by atoms with Crippen LogP contribution in [-0.4, -0.2) is 54.8 Å². The number of amides is 2. The smallest absolute Gasteiger partial charge is 0.227 e. The van der Waals surface area contributed by atoms with Crippen LogP contribution in [0.4, 0.5) is 4.39 Å². The Morgan fingerprint density at radius 3 is 2.73 bits per heavy atom. The van der Waals surface area contributed by atoms with Gasteiger partial charge in [0.05, 0.1) is 17.4 Å². The quantitative estimate of drug-likeness (QED) is 0.897. The average Bonchev–Trinajstić information content (AvgIpc) is 2.65. The molecule has 2 rings (SSSR count). The van der Waals surface area contributed by atoms with Crippen molar-refractivity contribution in [3.63, 3.8) is 0 Å². The molecule has 0 aliphatic carbocycles. The van der Waals surface area contributed by atoms with E-state index in [0.29, 0.717) is 31.7 Å². The van der Waals surface area contributed by atoms with E-state index in [1.54, 1.807) is 4.90 Å². The van der Waals surface area contributed by atoms with Crippen molar-refractivity contribution in [3.8, 4) is 0 Å². The number of benzene rings is 1. The van der Waals surface area contributed by atoms with Crippen LogP contribution in [0.5, 0.6) is 0 Å². The van der Waals surface area contributed by atoms with Crippen molar-refractivity contribution in [3.05, 3.63) is 34.6 Å². The number of hydrogen-bond donors (Lipinski definition) is 1. The number of nitrogens with two attached hydrogens (primary N) is 1. The Bertz CT molecular complexity index is 582. The summed E-state index contributed by atoms with van der Waals surface area (Å²) in [4.78, 5) is 27.5. The van der Waals surface area contributed by atoms with Crippen LogP contribution < -0.4 is 5.73 Å². The Morgan fingerprint density at radius 2 is 2.09 bits per heavy atom. The molecule has 1 aromatic carbocycles. The lowest BCUT2D eigenvalue weighted by Crippen LogP contribution is -2.40. The van der Waals surface area contributed by atoms with Gasteiger partial charge in [-0.05, 0) is 24.7 Å². The Morgan fingerprint density at radius 1 is 1.36 bits per heavy atom. The maximum absolute atomic E-state index is 13.1. The first-order valence-corrected chi connectivity index (χ1v) is 7.44. The first-order valence-electron chi connectivity index (χ1n) is 7.06. The summed E-state index contributed by atoms with van der Waals surface area (Å²) < 4.78 is 13.1. The molecule has 22 heavy (non-hydrogen) atoms. The highest BCUT2D eigenvalue weighted by Crippen LogP contribution is 2.17. The molecule has 1 fully saturated rings. The summed E-state index contributed by atoms with van der Waals surface area (Å²) in [5.74, 6) is -1.42. The van der Waals surface area contributed by atoms with Crippen LogP contribution in [0.1, 0.15) is 5.56 Å².